The lowest BCUT2D eigenvalue weighted by molar-refractivity contribution is 0.126. The lowest BCUT2D eigenvalue weighted by Gasteiger charge is -2.29. The first-order valence-electron chi connectivity index (χ1n) is 13.1. The lowest BCUT2D eigenvalue weighted by Crippen LogP contribution is -2.15. The highest BCUT2D eigenvalue weighted by atomic mass is 16.6. The number of hydrogen-bond acceptors (Lipinski definition) is 8. The quantitative estimate of drug-likeness (QED) is 0.176. The van der Waals surface area contributed by atoms with Crippen LogP contribution in [0.4, 0.5) is 0 Å². The third-order valence-electron chi connectivity index (χ3n) is 7.15. The molecule has 202 valence electrons. The monoisotopic (exact) mass is 543 g/mol. The van der Waals surface area contributed by atoms with Gasteiger partial charge in [-0.25, -0.2) is 14.5 Å². The maximum Gasteiger partial charge on any atom is 0.228 e. The number of benzene rings is 4. The number of nitrogens with zero attached hydrogens (tertiary/aromatic N) is 5. The van der Waals surface area contributed by atoms with E-state index >= 15 is 0 Å². The second-order valence-electron chi connectivity index (χ2n) is 9.53. The van der Waals surface area contributed by atoms with Crippen molar-refractivity contribution >= 4 is 22.6 Å². The molecule has 0 spiro atoms. The molecule has 0 N–H and O–H groups in total. The van der Waals surface area contributed by atoms with Crippen molar-refractivity contribution in [3.63, 3.8) is 0 Å². The molecular formula is C32H25N5O4. The molecule has 0 radical (unpaired) electrons. The molecule has 0 saturated heterocycles. The molecule has 0 bridgehead atoms. The predicted octanol–water partition coefficient (Wildman–Crippen LogP) is 6.13. The largest absolute Gasteiger partial charge is 0.493 e. The molecule has 7 rings (SSSR count). The van der Waals surface area contributed by atoms with Gasteiger partial charge in [-0.15, -0.1) is 5.10 Å². The van der Waals surface area contributed by atoms with Crippen LogP contribution in [0.15, 0.2) is 96.4 Å². The van der Waals surface area contributed by atoms with Gasteiger partial charge in [0.05, 0.1) is 26.0 Å². The van der Waals surface area contributed by atoms with E-state index in [2.05, 4.69) is 39.5 Å². The molecule has 0 saturated carbocycles. The van der Waals surface area contributed by atoms with E-state index in [1.54, 1.807) is 31.3 Å². The van der Waals surface area contributed by atoms with Crippen molar-refractivity contribution in [1.82, 2.24) is 19.6 Å². The maximum atomic E-state index is 6.51. The number of oxime groups is 1. The SMILES string of the molecule is COc1ccc(C2c3ccc4ccccc4c3Oc3ncn4nc(CO/N=C/c5ccccc5)nc4c32)cc1OC. The van der Waals surface area contributed by atoms with Crippen LogP contribution in [0, 0.1) is 0 Å². The number of ether oxygens (including phenoxy) is 3. The fourth-order valence-electron chi connectivity index (χ4n) is 5.26. The van der Waals surface area contributed by atoms with Crippen molar-refractivity contribution in [3.05, 3.63) is 119 Å². The Labute approximate surface area is 235 Å². The van der Waals surface area contributed by atoms with Crippen molar-refractivity contribution in [3.8, 4) is 23.1 Å². The highest BCUT2D eigenvalue weighted by Gasteiger charge is 2.34. The summed E-state index contributed by atoms with van der Waals surface area (Å²) in [5.74, 6) is 2.74. The molecule has 0 amide bonds. The van der Waals surface area contributed by atoms with Gasteiger partial charge in [-0.05, 0) is 28.6 Å². The smallest absolute Gasteiger partial charge is 0.228 e. The molecule has 1 aliphatic heterocycles. The summed E-state index contributed by atoms with van der Waals surface area (Å²) in [5, 5.41) is 10.8. The van der Waals surface area contributed by atoms with Crippen LogP contribution >= 0.6 is 0 Å². The summed E-state index contributed by atoms with van der Waals surface area (Å²) in [6, 6.07) is 28.0. The van der Waals surface area contributed by atoms with Crippen molar-refractivity contribution in [2.75, 3.05) is 14.2 Å². The number of hydrogen-bond donors (Lipinski definition) is 0. The van der Waals surface area contributed by atoms with Gasteiger partial charge in [0.25, 0.3) is 0 Å². The Morgan fingerprint density at radius 2 is 1.76 bits per heavy atom. The Morgan fingerprint density at radius 3 is 2.61 bits per heavy atom. The minimum atomic E-state index is -0.261. The standard InChI is InChI=1S/C32H25N5O4/c1-38-25-15-13-22(16-26(25)39-2)28-24-14-12-21-10-6-7-11-23(21)30(24)41-32-29(28)31-35-27(36-37(31)19-33-32)18-40-34-17-20-8-4-3-5-9-20/h3-17,19,28H,18H2,1-2H3/b34-17+. The summed E-state index contributed by atoms with van der Waals surface area (Å²) >= 11 is 0. The Bertz CT molecular complexity index is 1920. The summed E-state index contributed by atoms with van der Waals surface area (Å²) < 4.78 is 19.3. The normalized spacial score (nSPS) is 14.0. The number of aromatic nitrogens is 4. The first kappa shape index (κ1) is 24.6. The second-order valence-corrected chi connectivity index (χ2v) is 9.53. The molecule has 1 aliphatic rings. The third-order valence-corrected chi connectivity index (χ3v) is 7.15. The van der Waals surface area contributed by atoms with Crippen LogP contribution in [0.25, 0.3) is 16.4 Å². The summed E-state index contributed by atoms with van der Waals surface area (Å²) in [5.41, 5.74) is 4.33. The van der Waals surface area contributed by atoms with Crippen LogP contribution in [0.5, 0.6) is 23.1 Å². The number of methoxy groups -OCH3 is 2. The van der Waals surface area contributed by atoms with Crippen molar-refractivity contribution < 1.29 is 19.0 Å². The van der Waals surface area contributed by atoms with E-state index < -0.39 is 0 Å². The average Bonchev–Trinajstić information content (AvgIpc) is 3.45. The molecule has 2 aromatic heterocycles. The minimum absolute atomic E-state index is 0.100. The van der Waals surface area contributed by atoms with Gasteiger partial charge in [0, 0.05) is 16.9 Å². The van der Waals surface area contributed by atoms with Gasteiger partial charge >= 0.3 is 0 Å². The van der Waals surface area contributed by atoms with Crippen LogP contribution in [-0.2, 0) is 11.4 Å². The highest BCUT2D eigenvalue weighted by molar-refractivity contribution is 5.91. The van der Waals surface area contributed by atoms with Gasteiger partial charge in [0.1, 0.15) is 12.1 Å². The van der Waals surface area contributed by atoms with Crippen LogP contribution in [-0.4, -0.2) is 40.0 Å². The van der Waals surface area contributed by atoms with Gasteiger partial charge in [0.15, 0.2) is 29.6 Å². The Hall–Kier alpha value is -5.44. The maximum absolute atomic E-state index is 6.51. The minimum Gasteiger partial charge on any atom is -0.493 e. The van der Waals surface area contributed by atoms with E-state index in [0.717, 1.165) is 38.8 Å². The van der Waals surface area contributed by atoms with Gasteiger partial charge in [-0.2, -0.15) is 0 Å². The van der Waals surface area contributed by atoms with E-state index in [9.17, 15) is 0 Å². The Morgan fingerprint density at radius 1 is 0.927 bits per heavy atom. The van der Waals surface area contributed by atoms with Crippen molar-refractivity contribution in [1.29, 1.82) is 0 Å². The zero-order chi connectivity index (χ0) is 27.8. The fourth-order valence-corrected chi connectivity index (χ4v) is 5.26. The van der Waals surface area contributed by atoms with E-state index in [4.69, 9.17) is 24.0 Å². The fraction of sp³-hybridized carbons (Fsp3) is 0.125. The zero-order valence-corrected chi connectivity index (χ0v) is 22.4. The number of fused-ring (bicyclic) bond motifs is 6. The summed E-state index contributed by atoms with van der Waals surface area (Å²) in [7, 11) is 3.26. The molecule has 9 nitrogen and oxygen atoms in total. The topological polar surface area (TPSA) is 92.4 Å². The van der Waals surface area contributed by atoms with Crippen LogP contribution in [0.3, 0.4) is 0 Å². The van der Waals surface area contributed by atoms with Gasteiger partial charge in [-0.1, -0.05) is 78.0 Å². The molecule has 4 aromatic carbocycles. The molecule has 6 aromatic rings. The molecule has 41 heavy (non-hydrogen) atoms. The summed E-state index contributed by atoms with van der Waals surface area (Å²) in [4.78, 5) is 15.0. The molecule has 0 aliphatic carbocycles. The molecule has 1 unspecified atom stereocenters. The second kappa shape index (κ2) is 10.3. The first-order chi connectivity index (χ1) is 20.2. The Kier molecular flexibility index (Phi) is 6.16. The van der Waals surface area contributed by atoms with Crippen LogP contribution in [0.1, 0.15) is 34.0 Å². The molecule has 0 fully saturated rings. The average molecular weight is 544 g/mol. The molecular weight excluding hydrogens is 518 g/mol. The van der Waals surface area contributed by atoms with E-state index in [1.807, 2.05) is 60.7 Å². The Balaban J connectivity index is 1.34. The van der Waals surface area contributed by atoms with Gasteiger partial charge in [-0.3, -0.25) is 0 Å². The molecule has 1 atom stereocenters. The predicted molar refractivity (Wildman–Crippen MR) is 154 cm³/mol. The lowest BCUT2D eigenvalue weighted by atomic mass is 9.82. The van der Waals surface area contributed by atoms with Crippen molar-refractivity contribution in [2.24, 2.45) is 5.16 Å². The molecule has 3 heterocycles. The summed E-state index contributed by atoms with van der Waals surface area (Å²) in [6.45, 7) is 0.100. The van der Waals surface area contributed by atoms with Gasteiger partial charge in [0.2, 0.25) is 5.88 Å². The summed E-state index contributed by atoms with van der Waals surface area (Å²) in [6.07, 6.45) is 3.26. The van der Waals surface area contributed by atoms with Crippen LogP contribution < -0.4 is 14.2 Å². The van der Waals surface area contributed by atoms with E-state index in [1.165, 1.54) is 0 Å². The zero-order valence-electron chi connectivity index (χ0n) is 22.4. The highest BCUT2D eigenvalue weighted by Crippen LogP contribution is 2.51. The molecule has 9 heteroatoms. The third kappa shape index (κ3) is 4.37. The van der Waals surface area contributed by atoms with Crippen LogP contribution in [0.2, 0.25) is 0 Å². The van der Waals surface area contributed by atoms with E-state index in [0.29, 0.717) is 28.9 Å². The first-order valence-corrected chi connectivity index (χ1v) is 13.1. The van der Waals surface area contributed by atoms with Crippen molar-refractivity contribution in [2.45, 2.75) is 12.5 Å². The number of rotatable bonds is 7. The van der Waals surface area contributed by atoms with Gasteiger partial charge < -0.3 is 19.0 Å². The van der Waals surface area contributed by atoms with E-state index in [-0.39, 0.29) is 12.5 Å².